The predicted octanol–water partition coefficient (Wildman–Crippen LogP) is 13.0. The average Bonchev–Trinajstić information content (AvgIpc) is 1.49. The third kappa shape index (κ3) is 15.6. The maximum Gasteiger partial charge on any atom is 1.00 e. The van der Waals surface area contributed by atoms with Gasteiger partial charge in [-0.25, -0.2) is 14.4 Å². The topological polar surface area (TPSA) is 135 Å². The number of carbonyl (C=O) groups is 1. The number of thiocarbonyl (C=S) groups is 1. The molecule has 4 aromatic heterocycles. The van der Waals surface area contributed by atoms with Crippen molar-refractivity contribution in [3.05, 3.63) is 372 Å². The Labute approximate surface area is 681 Å². The number of hydrogen-bond acceptors (Lipinski definition) is 10. The molecule has 2 aliphatic rings. The Kier molecular flexibility index (Phi) is 25.2. The van der Waals surface area contributed by atoms with Crippen LogP contribution in [0.2, 0.25) is 0 Å². The summed E-state index contributed by atoms with van der Waals surface area (Å²) in [5.74, 6) is 0. The number of aromatic nitrogens is 6. The van der Waals surface area contributed by atoms with E-state index in [1.54, 1.807) is 0 Å². The normalized spacial score (nSPS) is 12.6. The van der Waals surface area contributed by atoms with Gasteiger partial charge in [0.15, 0.2) is 0 Å². The van der Waals surface area contributed by atoms with Crippen LogP contribution in [0.25, 0.3) is 44.3 Å². The van der Waals surface area contributed by atoms with Gasteiger partial charge in [0, 0.05) is 75.3 Å². The minimum absolute atomic E-state index is 0. The fourth-order valence-corrected chi connectivity index (χ4v) is 14.8. The number of alkyl halides is 1. The molecule has 10 aromatic carbocycles. The van der Waals surface area contributed by atoms with Crippen LogP contribution in [0.4, 0.5) is 11.4 Å². The van der Waals surface area contributed by atoms with Crippen LogP contribution in [0.1, 0.15) is 81.0 Å². The molecule has 0 radical (unpaired) electrons. The van der Waals surface area contributed by atoms with E-state index in [1.807, 2.05) is 79.0 Å². The molecule has 11 nitrogen and oxygen atoms in total. The molecule has 16 heteroatoms. The number of anilines is 1. The second kappa shape index (κ2) is 34.3. The third-order valence-corrected chi connectivity index (χ3v) is 19.5. The van der Waals surface area contributed by atoms with Gasteiger partial charge in [-0.2, -0.15) is 10.2 Å². The summed E-state index contributed by atoms with van der Waals surface area (Å²) in [4.78, 5) is 26.3. The van der Waals surface area contributed by atoms with E-state index in [1.165, 1.54) is 22.3 Å². The zero-order valence-corrected chi connectivity index (χ0v) is 64.7. The van der Waals surface area contributed by atoms with E-state index in [0.717, 1.165) is 112 Å². The Morgan fingerprint density at radius 1 is 0.505 bits per heavy atom. The van der Waals surface area contributed by atoms with E-state index in [2.05, 4.69) is 308 Å². The fourth-order valence-electron chi connectivity index (χ4n) is 13.2. The zero-order chi connectivity index (χ0) is 66.6. The van der Waals surface area contributed by atoms with Gasteiger partial charge in [0.2, 0.25) is 0 Å². The van der Waals surface area contributed by atoms with Crippen molar-refractivity contribution in [2.45, 2.75) is 47.8 Å². The van der Waals surface area contributed by atoms with E-state index >= 15 is 0 Å². The average molecular weight is 1450 g/mol. The van der Waals surface area contributed by atoms with Crippen molar-refractivity contribution in [1.82, 2.24) is 29.5 Å². The summed E-state index contributed by atoms with van der Waals surface area (Å²) in [5.41, 5.74) is 18.5. The number of nitrogens with zero attached hydrogens (tertiary/aromatic N) is 7. The standard InChI is InChI=1S/C41H32N4S.C33H24N4S.C8H9Br.CH2O3.2K.H/c1-29(30-14-6-2-7-15-30)46-39-27-32-26-38-36(28-37(32)43-39)40(31-22-24-42-25-23-31)44-45(38)41(33-16-8-3-9-17-33,34-18-10-4-11-19-34)35-20-12-5-13-21-35;38-31-21-24-20-30-28(22-29(24)35-31)32(23-16-18-34-19-17-23)36-37(30)33(25-10-4-1-5-11-25,26-12-6-2-7-13-26)27-14-8-3-9-15-27;1-7(9)8-5-3-2-4-6-8;2-1-4-3;;;/h2-26,28-29H,27H2,1H3;1-20,22H,21H2,(H,35,38);2-7H,1H3;1,3H;;;/q;;;;2*+1;-1/p-1. The van der Waals surface area contributed by atoms with Crippen LogP contribution < -0.4 is 113 Å². The molecule has 0 saturated heterocycles. The summed E-state index contributed by atoms with van der Waals surface area (Å²) in [6, 6.07) is 102. The van der Waals surface area contributed by atoms with Crippen LogP contribution in [0.3, 0.4) is 0 Å². The number of rotatable bonds is 14. The van der Waals surface area contributed by atoms with Crippen molar-refractivity contribution in [1.29, 1.82) is 0 Å². The summed E-state index contributed by atoms with van der Waals surface area (Å²) in [6.45, 7) is 4.20. The van der Waals surface area contributed by atoms with Gasteiger partial charge in [0.05, 0.1) is 26.8 Å². The largest absolute Gasteiger partial charge is 1.00 e. The van der Waals surface area contributed by atoms with Gasteiger partial charge >= 0.3 is 103 Å². The number of pyridine rings is 2. The fraction of sp³-hybridized carbons (Fsp3) is 0.0964. The molecule has 14 aromatic rings. The molecule has 1 N–H and O–H groups in total. The molecule has 99 heavy (non-hydrogen) atoms. The number of carbonyl (C=O) groups excluding carboxylic acids is 1. The minimum Gasteiger partial charge on any atom is -1.00 e. The summed E-state index contributed by atoms with van der Waals surface area (Å²) in [7, 11) is 0. The minimum atomic E-state index is -0.736. The number of nitrogens with one attached hydrogen (secondary N) is 1. The van der Waals surface area contributed by atoms with Crippen LogP contribution >= 0.6 is 39.9 Å². The van der Waals surface area contributed by atoms with Crippen molar-refractivity contribution >= 4 is 89.6 Å². The van der Waals surface area contributed by atoms with Crippen molar-refractivity contribution in [2.75, 3.05) is 5.32 Å². The van der Waals surface area contributed by atoms with E-state index in [0.29, 0.717) is 10.1 Å². The monoisotopic (exact) mass is 1440 g/mol. The number of hydrogen-bond donors (Lipinski definition) is 1. The number of benzene rings is 10. The molecular weight excluding hydrogens is 1380 g/mol. The molecule has 0 aliphatic carbocycles. The van der Waals surface area contributed by atoms with Gasteiger partial charge < -0.3 is 16.9 Å². The Hall–Kier alpha value is -7.47. The molecule has 0 bridgehead atoms. The second-order valence-corrected chi connectivity index (χ2v) is 26.7. The molecule has 2 aliphatic heterocycles. The number of fused-ring (bicyclic) bond motifs is 4. The first-order valence-electron chi connectivity index (χ1n) is 32.0. The SMILES string of the molecule is CC(Br)c1ccccc1.CC(SC1=Nc2cc3c(-c4ccncc4)nn(C(c4ccccc4)(c4ccccc4)c4ccccc4)c3cc2C1)c1ccccc1.O=CO[O-].S=C1Cc2cc3c(cc2N1)c(-c1ccncc1)nn3C(c1ccccc1)(c1ccccc1)c1ccccc1.[H-].[K+].[K+]. The van der Waals surface area contributed by atoms with Crippen LogP contribution in [0.5, 0.6) is 0 Å². The van der Waals surface area contributed by atoms with Gasteiger partial charge in [-0.3, -0.25) is 14.8 Å². The summed E-state index contributed by atoms with van der Waals surface area (Å²) >= 11 is 10.9. The zero-order valence-electron chi connectivity index (χ0n) is 56.2. The molecule has 0 saturated carbocycles. The first-order chi connectivity index (χ1) is 47.7. The molecule has 478 valence electrons. The molecule has 16 rings (SSSR count). The van der Waals surface area contributed by atoms with Crippen LogP contribution in [0, 0.1) is 0 Å². The predicted molar refractivity (Wildman–Crippen MR) is 400 cm³/mol. The van der Waals surface area contributed by atoms with Crippen LogP contribution in [-0.2, 0) is 33.6 Å². The first kappa shape index (κ1) is 72.8. The van der Waals surface area contributed by atoms with Crippen LogP contribution in [-0.4, -0.2) is 46.0 Å². The maximum atomic E-state index is 8.64. The summed E-state index contributed by atoms with van der Waals surface area (Å²) in [5, 5.41) is 26.4. The van der Waals surface area contributed by atoms with Gasteiger partial charge in [0.25, 0.3) is 6.47 Å². The summed E-state index contributed by atoms with van der Waals surface area (Å²) < 4.78 is 4.48. The Balaban J connectivity index is 0.000000180. The van der Waals surface area contributed by atoms with Crippen LogP contribution in [0.15, 0.2) is 321 Å². The molecule has 0 spiro atoms. The number of thioether (sulfide) groups is 1. The Bertz CT molecular complexity index is 4810. The Morgan fingerprint density at radius 2 is 0.848 bits per heavy atom. The maximum absolute atomic E-state index is 8.64. The van der Waals surface area contributed by atoms with E-state index in [4.69, 9.17) is 37.5 Å². The van der Waals surface area contributed by atoms with Gasteiger partial charge in [0.1, 0.15) is 22.5 Å². The van der Waals surface area contributed by atoms with E-state index in [9.17, 15) is 0 Å². The van der Waals surface area contributed by atoms with E-state index in [-0.39, 0.29) is 111 Å². The molecule has 0 amide bonds. The second-order valence-electron chi connectivity index (χ2n) is 23.4. The van der Waals surface area contributed by atoms with Gasteiger partial charge in [-0.05, 0) is 118 Å². The third-order valence-electron chi connectivity index (χ3n) is 17.6. The van der Waals surface area contributed by atoms with Crippen molar-refractivity contribution in [2.24, 2.45) is 4.99 Å². The molecular formula is C83H67BrK2N8O3S2. The van der Waals surface area contributed by atoms with Gasteiger partial charge in [-0.15, -0.1) is 11.8 Å². The Morgan fingerprint density at radius 3 is 1.20 bits per heavy atom. The number of aliphatic imine (C=N–C) groups is 1. The van der Waals surface area contributed by atoms with Crippen molar-refractivity contribution < 1.29 is 119 Å². The molecule has 0 fully saturated rings. The first-order valence-corrected chi connectivity index (χ1v) is 34.2. The van der Waals surface area contributed by atoms with Crippen molar-refractivity contribution in [3.63, 3.8) is 0 Å². The van der Waals surface area contributed by atoms with Crippen molar-refractivity contribution in [3.8, 4) is 22.5 Å². The molecule has 6 heterocycles. The summed E-state index contributed by atoms with van der Waals surface area (Å²) in [6.07, 6.45) is 8.84. The molecule has 2 atom stereocenters. The molecule has 2 unspecified atom stereocenters. The number of halogens is 1. The quantitative estimate of drug-likeness (QED) is 0.0213. The van der Waals surface area contributed by atoms with E-state index < -0.39 is 11.1 Å². The van der Waals surface area contributed by atoms with Gasteiger partial charge in [-0.1, -0.05) is 271 Å². The smallest absolute Gasteiger partial charge is 1.00 e.